The molecule has 1 aliphatic heterocycles. The Morgan fingerprint density at radius 3 is 2.29 bits per heavy atom. The van der Waals surface area contributed by atoms with Crippen LogP contribution in [0.25, 0.3) is 0 Å². The van der Waals surface area contributed by atoms with Gasteiger partial charge >= 0.3 is 0 Å². The van der Waals surface area contributed by atoms with Crippen LogP contribution in [0.1, 0.15) is 44.7 Å². The first-order chi connectivity index (χ1) is 13.6. The van der Waals surface area contributed by atoms with Crippen LogP contribution in [0.15, 0.2) is 42.5 Å². The molecule has 1 fully saturated rings. The molecular weight excluding hydrogens is 356 g/mol. The number of rotatable bonds is 4. The first kappa shape index (κ1) is 18.5. The summed E-state index contributed by atoms with van der Waals surface area (Å²) in [5.74, 6) is -0.351. The molecule has 28 heavy (non-hydrogen) atoms. The van der Waals surface area contributed by atoms with Gasteiger partial charge in [-0.05, 0) is 37.9 Å². The van der Waals surface area contributed by atoms with Crippen molar-refractivity contribution in [3.63, 3.8) is 0 Å². The van der Waals surface area contributed by atoms with Crippen molar-refractivity contribution in [2.75, 3.05) is 31.6 Å². The number of amides is 1. The van der Waals surface area contributed by atoms with Crippen LogP contribution in [-0.2, 0) is 4.79 Å². The van der Waals surface area contributed by atoms with Gasteiger partial charge in [-0.3, -0.25) is 19.3 Å². The van der Waals surface area contributed by atoms with Crippen molar-refractivity contribution >= 4 is 23.2 Å². The molecule has 4 rings (SSSR count). The molecule has 2 aromatic rings. The zero-order valence-corrected chi connectivity index (χ0v) is 15.5. The van der Waals surface area contributed by atoms with Gasteiger partial charge in [-0.25, -0.2) is 0 Å². The summed E-state index contributed by atoms with van der Waals surface area (Å²) in [6, 6.07) is 11.7. The molecule has 2 aliphatic rings. The molecule has 0 saturated carbocycles. The van der Waals surface area contributed by atoms with E-state index in [1.54, 1.807) is 42.5 Å². The quantitative estimate of drug-likeness (QED) is 0.726. The number of carbonyl (C=O) groups is 3. The molecule has 6 heteroatoms. The van der Waals surface area contributed by atoms with Gasteiger partial charge in [0, 0.05) is 23.3 Å². The highest BCUT2D eigenvalue weighted by Crippen LogP contribution is 2.32. The number of fused-ring (bicyclic) bond motifs is 2. The molecule has 0 atom stereocenters. The number of anilines is 1. The van der Waals surface area contributed by atoms with Gasteiger partial charge in [0.05, 0.1) is 17.8 Å². The molecule has 1 amide bonds. The van der Waals surface area contributed by atoms with Gasteiger partial charge in [0.2, 0.25) is 5.91 Å². The summed E-state index contributed by atoms with van der Waals surface area (Å²) < 4.78 is 0. The smallest absolute Gasteiger partial charge is 0.238 e. The van der Waals surface area contributed by atoms with Crippen molar-refractivity contribution in [1.29, 1.82) is 0 Å². The number of aliphatic hydroxyl groups excluding tert-OH is 1. The summed E-state index contributed by atoms with van der Waals surface area (Å²) in [7, 11) is 0. The number of aliphatic hydroxyl groups is 1. The standard InChI is InChI=1S/C22H22N2O4/c25-13-14-8-10-24(11-9-14)12-19(26)23-18-7-3-6-17-20(18)22(28)16-5-2-1-4-15(16)21(17)27/h1-7,14,25H,8-13H2,(H,23,26). The Balaban J connectivity index is 1.53. The van der Waals surface area contributed by atoms with Gasteiger partial charge in [-0.1, -0.05) is 36.4 Å². The predicted molar refractivity (Wildman–Crippen MR) is 105 cm³/mol. The fourth-order valence-electron chi connectivity index (χ4n) is 3.97. The summed E-state index contributed by atoms with van der Waals surface area (Å²) in [4.78, 5) is 40.3. The van der Waals surface area contributed by atoms with Crippen LogP contribution in [0.3, 0.4) is 0 Å². The van der Waals surface area contributed by atoms with E-state index < -0.39 is 0 Å². The van der Waals surface area contributed by atoms with Crippen LogP contribution in [0, 0.1) is 5.92 Å². The van der Waals surface area contributed by atoms with Crippen molar-refractivity contribution in [3.05, 3.63) is 64.7 Å². The van der Waals surface area contributed by atoms with E-state index in [0.717, 1.165) is 25.9 Å². The third-order valence-electron chi connectivity index (χ3n) is 5.56. The van der Waals surface area contributed by atoms with Crippen LogP contribution in [0.4, 0.5) is 5.69 Å². The first-order valence-corrected chi connectivity index (χ1v) is 9.53. The molecule has 1 aliphatic carbocycles. The van der Waals surface area contributed by atoms with Crippen LogP contribution in [-0.4, -0.2) is 53.7 Å². The lowest BCUT2D eigenvalue weighted by molar-refractivity contribution is -0.117. The maximum Gasteiger partial charge on any atom is 0.238 e. The summed E-state index contributed by atoms with van der Waals surface area (Å²) >= 11 is 0. The molecule has 144 valence electrons. The number of piperidine rings is 1. The molecule has 6 nitrogen and oxygen atoms in total. The van der Waals surface area contributed by atoms with Crippen molar-refractivity contribution in [2.45, 2.75) is 12.8 Å². The molecule has 0 aromatic heterocycles. The van der Waals surface area contributed by atoms with Gasteiger partial charge in [0.1, 0.15) is 0 Å². The van der Waals surface area contributed by atoms with Gasteiger partial charge < -0.3 is 10.4 Å². The number of hydrogen-bond donors (Lipinski definition) is 2. The van der Waals surface area contributed by atoms with Crippen molar-refractivity contribution in [2.24, 2.45) is 5.92 Å². The number of carbonyl (C=O) groups excluding carboxylic acids is 3. The van der Waals surface area contributed by atoms with Gasteiger partial charge in [0.25, 0.3) is 0 Å². The van der Waals surface area contributed by atoms with E-state index in [0.29, 0.717) is 28.3 Å². The summed E-state index contributed by atoms with van der Waals surface area (Å²) in [6.45, 7) is 1.93. The largest absolute Gasteiger partial charge is 0.396 e. The number of ketones is 2. The molecule has 2 N–H and O–H groups in total. The first-order valence-electron chi connectivity index (χ1n) is 9.53. The highest BCUT2D eigenvalue weighted by Gasteiger charge is 2.31. The van der Waals surface area contributed by atoms with E-state index in [1.165, 1.54) is 0 Å². The summed E-state index contributed by atoms with van der Waals surface area (Å²) in [5, 5.41) is 12.0. The maximum absolute atomic E-state index is 13.0. The number of benzene rings is 2. The van der Waals surface area contributed by atoms with Crippen LogP contribution >= 0.6 is 0 Å². The normalized spacial score (nSPS) is 17.2. The highest BCUT2D eigenvalue weighted by atomic mass is 16.3. The average molecular weight is 378 g/mol. The Morgan fingerprint density at radius 1 is 0.964 bits per heavy atom. The Bertz CT molecular complexity index is 945. The molecule has 1 heterocycles. The van der Waals surface area contributed by atoms with E-state index in [4.69, 9.17) is 0 Å². The molecule has 0 unspecified atom stereocenters. The number of nitrogens with one attached hydrogen (secondary N) is 1. The molecule has 2 aromatic carbocycles. The fraction of sp³-hybridized carbons (Fsp3) is 0.318. The van der Waals surface area contributed by atoms with E-state index in [2.05, 4.69) is 5.32 Å². The fourth-order valence-corrected chi connectivity index (χ4v) is 3.97. The Hall–Kier alpha value is -2.83. The van der Waals surface area contributed by atoms with E-state index in [-0.39, 0.29) is 36.2 Å². The van der Waals surface area contributed by atoms with E-state index >= 15 is 0 Å². The second-order valence-electron chi connectivity index (χ2n) is 7.38. The predicted octanol–water partition coefficient (Wildman–Crippen LogP) is 2.10. The SMILES string of the molecule is O=C(CN1CCC(CO)CC1)Nc1cccc2c1C(=O)c1ccccc1C2=O. The molecule has 0 radical (unpaired) electrons. The summed E-state index contributed by atoms with van der Waals surface area (Å²) in [5.41, 5.74) is 1.73. The minimum Gasteiger partial charge on any atom is -0.396 e. The Morgan fingerprint density at radius 2 is 1.61 bits per heavy atom. The Kier molecular flexibility index (Phi) is 5.07. The summed E-state index contributed by atoms with van der Waals surface area (Å²) in [6.07, 6.45) is 1.74. The lowest BCUT2D eigenvalue weighted by Crippen LogP contribution is -2.40. The third kappa shape index (κ3) is 3.37. The zero-order valence-electron chi connectivity index (χ0n) is 15.5. The van der Waals surface area contributed by atoms with Crippen molar-refractivity contribution < 1.29 is 19.5 Å². The van der Waals surface area contributed by atoms with Crippen LogP contribution < -0.4 is 5.32 Å². The lowest BCUT2D eigenvalue weighted by atomic mass is 9.83. The molecule has 1 saturated heterocycles. The zero-order chi connectivity index (χ0) is 19.7. The average Bonchev–Trinajstić information content (AvgIpc) is 2.72. The van der Waals surface area contributed by atoms with Gasteiger partial charge in [0.15, 0.2) is 11.6 Å². The van der Waals surface area contributed by atoms with Crippen molar-refractivity contribution in [1.82, 2.24) is 4.90 Å². The topological polar surface area (TPSA) is 86.7 Å². The maximum atomic E-state index is 13.0. The molecule has 0 bridgehead atoms. The minimum atomic E-state index is -0.245. The molecular formula is C22H22N2O4. The lowest BCUT2D eigenvalue weighted by Gasteiger charge is -2.30. The number of nitrogens with zero attached hydrogens (tertiary/aromatic N) is 1. The van der Waals surface area contributed by atoms with Crippen LogP contribution in [0.5, 0.6) is 0 Å². The van der Waals surface area contributed by atoms with E-state index in [1.807, 2.05) is 4.90 Å². The van der Waals surface area contributed by atoms with Gasteiger partial charge in [-0.15, -0.1) is 0 Å². The third-order valence-corrected chi connectivity index (χ3v) is 5.56. The van der Waals surface area contributed by atoms with Crippen molar-refractivity contribution in [3.8, 4) is 0 Å². The Labute approximate surface area is 163 Å². The second-order valence-corrected chi connectivity index (χ2v) is 7.38. The number of likely N-dealkylation sites (tertiary alicyclic amines) is 1. The second kappa shape index (κ2) is 7.66. The number of hydrogen-bond acceptors (Lipinski definition) is 5. The van der Waals surface area contributed by atoms with Crippen LogP contribution in [0.2, 0.25) is 0 Å². The highest BCUT2D eigenvalue weighted by molar-refractivity contribution is 6.30. The monoisotopic (exact) mass is 378 g/mol. The minimum absolute atomic E-state index is 0.188. The van der Waals surface area contributed by atoms with E-state index in [9.17, 15) is 19.5 Å². The molecule has 0 spiro atoms. The van der Waals surface area contributed by atoms with Gasteiger partial charge in [-0.2, -0.15) is 0 Å².